The molecule has 1 atom stereocenters. The number of aromatic nitrogens is 2. The molecule has 0 saturated carbocycles. The summed E-state index contributed by atoms with van der Waals surface area (Å²) in [6.07, 6.45) is -1.60. The second kappa shape index (κ2) is 9.57. The smallest absolute Gasteiger partial charge is 0.365 e. The number of anilines is 3. The Bertz CT molecular complexity index is 1090. The number of amides is 1. The molecular formula is C23H29F3N6O2. The number of primary amides is 1. The Morgan fingerprint density at radius 1 is 1.21 bits per heavy atom. The van der Waals surface area contributed by atoms with E-state index in [9.17, 15) is 22.8 Å². The molecule has 3 rings (SSSR count). The van der Waals surface area contributed by atoms with Crippen molar-refractivity contribution in [1.29, 1.82) is 0 Å². The van der Waals surface area contributed by atoms with E-state index in [0.717, 1.165) is 25.0 Å². The minimum Gasteiger partial charge on any atom is -0.365 e. The predicted octanol–water partition coefficient (Wildman–Crippen LogP) is 3.52. The van der Waals surface area contributed by atoms with Crippen LogP contribution in [0.1, 0.15) is 61.5 Å². The van der Waals surface area contributed by atoms with Gasteiger partial charge in [0.1, 0.15) is 17.2 Å². The summed E-state index contributed by atoms with van der Waals surface area (Å²) < 4.78 is 41.0. The van der Waals surface area contributed by atoms with Crippen molar-refractivity contribution in [2.24, 2.45) is 11.5 Å². The van der Waals surface area contributed by atoms with Gasteiger partial charge in [-0.15, -0.1) is 0 Å². The van der Waals surface area contributed by atoms with Gasteiger partial charge in [0.25, 0.3) is 5.91 Å². The summed E-state index contributed by atoms with van der Waals surface area (Å²) in [5, 5.41) is 2.83. The van der Waals surface area contributed by atoms with Crippen molar-refractivity contribution in [2.45, 2.75) is 57.7 Å². The molecule has 34 heavy (non-hydrogen) atoms. The molecule has 184 valence electrons. The molecule has 1 aliphatic heterocycles. The van der Waals surface area contributed by atoms with E-state index >= 15 is 0 Å². The SMILES string of the molecule is CC(=O)CC(C)(C)c1cc(Nc2nc(N3CCC[C@H](N)C3)ncc2C(N)=O)cc(C(F)(F)F)c1. The Morgan fingerprint density at radius 2 is 1.88 bits per heavy atom. The van der Waals surface area contributed by atoms with Crippen LogP contribution < -0.4 is 21.7 Å². The largest absolute Gasteiger partial charge is 0.416 e. The Kier molecular flexibility index (Phi) is 7.15. The summed E-state index contributed by atoms with van der Waals surface area (Å²) in [6, 6.07) is 3.42. The molecule has 2 heterocycles. The van der Waals surface area contributed by atoms with Crippen LogP contribution >= 0.6 is 0 Å². The lowest BCUT2D eigenvalue weighted by molar-refractivity contribution is -0.137. The fraction of sp³-hybridized carbons (Fsp3) is 0.478. The number of alkyl halides is 3. The number of carbonyl (C=O) groups is 2. The first-order valence-electron chi connectivity index (χ1n) is 10.9. The van der Waals surface area contributed by atoms with Gasteiger partial charge < -0.3 is 21.7 Å². The van der Waals surface area contributed by atoms with E-state index in [1.165, 1.54) is 19.2 Å². The number of rotatable bonds is 7. The molecule has 1 aromatic carbocycles. The molecule has 0 aliphatic carbocycles. The van der Waals surface area contributed by atoms with Crippen LogP contribution in [0.15, 0.2) is 24.4 Å². The lowest BCUT2D eigenvalue weighted by atomic mass is 9.79. The summed E-state index contributed by atoms with van der Waals surface area (Å²) in [5.41, 5.74) is 10.1. The molecule has 8 nitrogen and oxygen atoms in total. The highest BCUT2D eigenvalue weighted by molar-refractivity contribution is 5.98. The Hall–Kier alpha value is -3.21. The molecule has 1 amide bonds. The van der Waals surface area contributed by atoms with Gasteiger partial charge in [0, 0.05) is 37.4 Å². The van der Waals surface area contributed by atoms with Crippen molar-refractivity contribution in [2.75, 3.05) is 23.3 Å². The molecule has 1 aliphatic rings. The minimum atomic E-state index is -4.62. The zero-order valence-electron chi connectivity index (χ0n) is 19.4. The third-order valence-corrected chi connectivity index (χ3v) is 5.78. The maximum atomic E-state index is 13.7. The highest BCUT2D eigenvalue weighted by Gasteiger charge is 2.34. The van der Waals surface area contributed by atoms with Crippen molar-refractivity contribution < 1.29 is 22.8 Å². The van der Waals surface area contributed by atoms with Gasteiger partial charge in [0.05, 0.1) is 5.56 Å². The van der Waals surface area contributed by atoms with Crippen LogP contribution in [0.25, 0.3) is 0 Å². The van der Waals surface area contributed by atoms with Gasteiger partial charge in [-0.3, -0.25) is 9.59 Å². The number of nitrogens with zero attached hydrogens (tertiary/aromatic N) is 3. The van der Waals surface area contributed by atoms with E-state index in [0.29, 0.717) is 24.6 Å². The van der Waals surface area contributed by atoms with Crippen LogP contribution in [0.2, 0.25) is 0 Å². The van der Waals surface area contributed by atoms with E-state index < -0.39 is 23.1 Å². The second-order valence-corrected chi connectivity index (χ2v) is 9.33. The maximum Gasteiger partial charge on any atom is 0.416 e. The van der Waals surface area contributed by atoms with E-state index in [1.807, 2.05) is 4.90 Å². The van der Waals surface area contributed by atoms with Crippen molar-refractivity contribution in [3.63, 3.8) is 0 Å². The van der Waals surface area contributed by atoms with Crippen LogP contribution in [0, 0.1) is 0 Å². The highest BCUT2D eigenvalue weighted by atomic mass is 19.4. The van der Waals surface area contributed by atoms with Crippen molar-refractivity contribution in [1.82, 2.24) is 9.97 Å². The maximum absolute atomic E-state index is 13.7. The quantitative estimate of drug-likeness (QED) is 0.556. The second-order valence-electron chi connectivity index (χ2n) is 9.33. The average molecular weight is 479 g/mol. The Labute approximate surface area is 195 Å². The van der Waals surface area contributed by atoms with Crippen LogP contribution in [0.4, 0.5) is 30.6 Å². The summed E-state index contributed by atoms with van der Waals surface area (Å²) in [4.78, 5) is 34.1. The van der Waals surface area contributed by atoms with Crippen molar-refractivity contribution >= 4 is 29.1 Å². The van der Waals surface area contributed by atoms with Gasteiger partial charge >= 0.3 is 6.18 Å². The van der Waals surface area contributed by atoms with Crippen molar-refractivity contribution in [3.05, 3.63) is 41.1 Å². The fourth-order valence-electron chi connectivity index (χ4n) is 4.11. The number of nitrogens with one attached hydrogen (secondary N) is 1. The van der Waals surface area contributed by atoms with E-state index in [1.54, 1.807) is 13.8 Å². The van der Waals surface area contributed by atoms with E-state index in [2.05, 4.69) is 15.3 Å². The number of nitrogens with two attached hydrogens (primary N) is 2. The molecule has 0 bridgehead atoms. The molecule has 11 heteroatoms. The number of halogens is 3. The van der Waals surface area contributed by atoms with Crippen LogP contribution in [-0.4, -0.2) is 40.8 Å². The fourth-order valence-corrected chi connectivity index (χ4v) is 4.11. The first-order valence-corrected chi connectivity index (χ1v) is 10.9. The topological polar surface area (TPSA) is 127 Å². The third-order valence-electron chi connectivity index (χ3n) is 5.78. The molecule has 5 N–H and O–H groups in total. The van der Waals surface area contributed by atoms with Gasteiger partial charge in [-0.1, -0.05) is 13.8 Å². The lowest BCUT2D eigenvalue weighted by Crippen LogP contribution is -2.43. The zero-order valence-corrected chi connectivity index (χ0v) is 19.4. The summed E-state index contributed by atoms with van der Waals surface area (Å²) in [6.45, 7) is 5.97. The third kappa shape index (κ3) is 6.02. The number of hydrogen-bond donors (Lipinski definition) is 3. The number of hydrogen-bond acceptors (Lipinski definition) is 7. The first-order chi connectivity index (χ1) is 15.8. The predicted molar refractivity (Wildman–Crippen MR) is 123 cm³/mol. The summed E-state index contributed by atoms with van der Waals surface area (Å²) in [5.74, 6) is -0.681. The minimum absolute atomic E-state index is 0.00806. The van der Waals surface area contributed by atoms with Gasteiger partial charge in [0.15, 0.2) is 0 Å². The molecule has 1 aromatic heterocycles. The van der Waals surface area contributed by atoms with Gasteiger partial charge in [-0.05, 0) is 48.9 Å². The summed E-state index contributed by atoms with van der Waals surface area (Å²) >= 11 is 0. The molecule has 2 aromatic rings. The van der Waals surface area contributed by atoms with Gasteiger partial charge in [-0.2, -0.15) is 18.2 Å². The Morgan fingerprint density at radius 3 is 2.47 bits per heavy atom. The Balaban J connectivity index is 2.06. The van der Waals surface area contributed by atoms with E-state index in [-0.39, 0.29) is 35.3 Å². The van der Waals surface area contributed by atoms with Crippen molar-refractivity contribution in [3.8, 4) is 0 Å². The molecule has 1 fully saturated rings. The number of carbonyl (C=O) groups excluding carboxylic acids is 2. The van der Waals surface area contributed by atoms with Crippen LogP contribution in [0.3, 0.4) is 0 Å². The molecule has 0 unspecified atom stereocenters. The number of benzene rings is 1. The number of ketones is 1. The number of Topliss-reactive ketones (excluding diaryl/α,β-unsaturated/α-hetero) is 1. The molecule has 0 radical (unpaired) electrons. The lowest BCUT2D eigenvalue weighted by Gasteiger charge is -2.31. The highest BCUT2D eigenvalue weighted by Crippen LogP contribution is 2.37. The molecule has 0 spiro atoms. The monoisotopic (exact) mass is 478 g/mol. The first kappa shape index (κ1) is 25.4. The number of piperidine rings is 1. The average Bonchev–Trinajstić information content (AvgIpc) is 2.72. The summed E-state index contributed by atoms with van der Waals surface area (Å²) in [7, 11) is 0. The molecular weight excluding hydrogens is 449 g/mol. The zero-order chi connectivity index (χ0) is 25.3. The molecule has 1 saturated heterocycles. The van der Waals surface area contributed by atoms with Gasteiger partial charge in [-0.25, -0.2) is 4.98 Å². The van der Waals surface area contributed by atoms with Crippen LogP contribution in [0.5, 0.6) is 0 Å². The standard InChI is InChI=1S/C23H29F3N6O2/c1-13(33)10-22(2,3)14-7-15(23(24,25)26)9-17(8-14)30-20-18(19(28)34)11-29-21(31-20)32-6-4-5-16(27)12-32/h7-9,11,16H,4-6,10,12,27H2,1-3H3,(H2,28,34)(H,29,30,31)/t16-/m0/s1. The van der Waals surface area contributed by atoms with Crippen LogP contribution in [-0.2, 0) is 16.4 Å². The van der Waals surface area contributed by atoms with E-state index in [4.69, 9.17) is 11.5 Å². The normalized spacial score (nSPS) is 16.9. The van der Waals surface area contributed by atoms with Gasteiger partial charge in [0.2, 0.25) is 5.95 Å².